The molecule has 1 fully saturated rings. The van der Waals surface area contributed by atoms with Crippen LogP contribution in [-0.4, -0.2) is 13.2 Å². The molecule has 0 unspecified atom stereocenters. The standard InChI is InChI=1S/C3H7O2PS2.K/c7-6(8)4-2-1-3-5-6;/h1-3H2,(H,7,8);/q;+1/p-1. The van der Waals surface area contributed by atoms with E-state index in [1.165, 1.54) is 0 Å². The summed E-state index contributed by atoms with van der Waals surface area (Å²) in [6.07, 6.45) is 0.926. The van der Waals surface area contributed by atoms with E-state index in [0.29, 0.717) is 13.2 Å². The minimum absolute atomic E-state index is 0. The summed E-state index contributed by atoms with van der Waals surface area (Å²) >= 11 is 9.55. The summed E-state index contributed by atoms with van der Waals surface area (Å²) in [7, 11) is 0. The Morgan fingerprint density at radius 2 is 1.78 bits per heavy atom. The predicted octanol–water partition coefficient (Wildman–Crippen LogP) is -1.80. The Morgan fingerprint density at radius 1 is 1.33 bits per heavy atom. The summed E-state index contributed by atoms with van der Waals surface area (Å²) in [5, 5.41) is 0. The number of rotatable bonds is 0. The Morgan fingerprint density at radius 3 is 2.00 bits per heavy atom. The molecule has 0 amide bonds. The Kier molecular flexibility index (Phi) is 6.74. The van der Waals surface area contributed by atoms with E-state index in [4.69, 9.17) is 33.1 Å². The molecule has 0 saturated carbocycles. The summed E-state index contributed by atoms with van der Waals surface area (Å²) in [5.74, 6) is 0. The molecule has 1 saturated heterocycles. The number of hydrogen-bond acceptors (Lipinski definition) is 4. The van der Waals surface area contributed by atoms with Crippen molar-refractivity contribution in [3.63, 3.8) is 0 Å². The van der Waals surface area contributed by atoms with Gasteiger partial charge in [-0.3, -0.25) is 0 Å². The molecule has 0 atom stereocenters. The maximum atomic E-state index is 4.98. The third kappa shape index (κ3) is 4.90. The Balaban J connectivity index is 0.000000640. The van der Waals surface area contributed by atoms with E-state index >= 15 is 0 Å². The first-order chi connectivity index (χ1) is 3.71. The van der Waals surface area contributed by atoms with Gasteiger partial charge in [-0.15, -0.1) is 0 Å². The van der Waals surface area contributed by atoms with Crippen LogP contribution in [0.2, 0.25) is 0 Å². The fourth-order valence-electron chi connectivity index (χ4n) is 0.449. The van der Waals surface area contributed by atoms with Crippen molar-refractivity contribution in [3.05, 3.63) is 0 Å². The first-order valence-corrected chi connectivity index (χ1v) is 5.96. The quantitative estimate of drug-likeness (QED) is 0.265. The molecule has 2 nitrogen and oxygen atoms in total. The zero-order chi connectivity index (χ0) is 6.04. The van der Waals surface area contributed by atoms with Crippen molar-refractivity contribution in [2.24, 2.45) is 0 Å². The van der Waals surface area contributed by atoms with E-state index in [2.05, 4.69) is 0 Å². The third-order valence-corrected chi connectivity index (χ3v) is 3.05. The molecular weight excluding hydrogens is 202 g/mol. The van der Waals surface area contributed by atoms with Gasteiger partial charge < -0.3 is 21.3 Å². The normalized spacial score (nSPS) is 24.6. The second-order valence-corrected chi connectivity index (χ2v) is 6.46. The molecule has 0 aromatic carbocycles. The molecule has 0 spiro atoms. The zero-order valence-electron chi connectivity index (χ0n) is 5.20. The predicted molar refractivity (Wildman–Crippen MR) is 38.2 cm³/mol. The van der Waals surface area contributed by atoms with Crippen LogP contribution >= 0.6 is 5.69 Å². The van der Waals surface area contributed by atoms with Crippen LogP contribution in [0, 0.1) is 0 Å². The van der Waals surface area contributed by atoms with Gasteiger partial charge in [0.05, 0.1) is 18.9 Å². The van der Waals surface area contributed by atoms with Crippen molar-refractivity contribution >= 4 is 29.7 Å². The van der Waals surface area contributed by atoms with Crippen LogP contribution in [0.15, 0.2) is 0 Å². The van der Waals surface area contributed by atoms with Gasteiger partial charge in [-0.2, -0.15) is 0 Å². The van der Waals surface area contributed by atoms with Crippen molar-refractivity contribution in [2.45, 2.75) is 6.42 Å². The van der Waals surface area contributed by atoms with E-state index in [1.54, 1.807) is 0 Å². The molecule has 0 aromatic rings. The Hall–Kier alpha value is 2.56. The fraction of sp³-hybridized carbons (Fsp3) is 1.00. The van der Waals surface area contributed by atoms with Crippen LogP contribution in [0.1, 0.15) is 6.42 Å². The maximum Gasteiger partial charge on any atom is 1.00 e. The fourth-order valence-corrected chi connectivity index (χ4v) is 2.12. The topological polar surface area (TPSA) is 18.5 Å². The van der Waals surface area contributed by atoms with Crippen molar-refractivity contribution < 1.29 is 60.4 Å². The van der Waals surface area contributed by atoms with Crippen LogP contribution in [0.4, 0.5) is 0 Å². The molecule has 1 aliphatic rings. The largest absolute Gasteiger partial charge is 1.00 e. The van der Waals surface area contributed by atoms with E-state index in [-0.39, 0.29) is 51.4 Å². The average Bonchev–Trinajstić information content (AvgIpc) is 1.65. The first kappa shape index (κ1) is 11.6. The van der Waals surface area contributed by atoms with E-state index in [0.717, 1.165) is 6.42 Å². The van der Waals surface area contributed by atoms with Gasteiger partial charge in [0, 0.05) is 0 Å². The molecule has 0 radical (unpaired) electrons. The van der Waals surface area contributed by atoms with Gasteiger partial charge in [0.15, 0.2) is 0 Å². The van der Waals surface area contributed by atoms with Gasteiger partial charge in [-0.25, -0.2) is 0 Å². The summed E-state index contributed by atoms with van der Waals surface area (Å²) in [5.41, 5.74) is -2.17. The molecule has 1 rings (SSSR count). The minimum Gasteiger partial charge on any atom is -0.691 e. The molecule has 1 heterocycles. The zero-order valence-corrected chi connectivity index (χ0v) is 10.9. The summed E-state index contributed by atoms with van der Waals surface area (Å²) < 4.78 is 9.97. The molecule has 6 heteroatoms. The van der Waals surface area contributed by atoms with Gasteiger partial charge in [-0.05, 0) is 6.42 Å². The Labute approximate surface area is 108 Å². The monoisotopic (exact) mass is 208 g/mol. The average molecular weight is 208 g/mol. The van der Waals surface area contributed by atoms with Crippen molar-refractivity contribution in [2.75, 3.05) is 13.2 Å². The van der Waals surface area contributed by atoms with Gasteiger partial charge in [0.2, 0.25) is 0 Å². The van der Waals surface area contributed by atoms with Gasteiger partial charge >= 0.3 is 51.4 Å². The molecule has 48 valence electrons. The SMILES string of the molecule is S=P1([S-])OCCCO1.[K+]. The summed E-state index contributed by atoms with van der Waals surface area (Å²) in [4.78, 5) is 0. The molecule has 0 bridgehead atoms. The van der Waals surface area contributed by atoms with Gasteiger partial charge in [0.1, 0.15) is 0 Å². The second kappa shape index (κ2) is 5.25. The van der Waals surface area contributed by atoms with Crippen molar-refractivity contribution in [1.29, 1.82) is 0 Å². The molecule has 0 N–H and O–H groups in total. The van der Waals surface area contributed by atoms with Crippen molar-refractivity contribution in [1.82, 2.24) is 0 Å². The van der Waals surface area contributed by atoms with Crippen LogP contribution in [0.25, 0.3) is 0 Å². The molecule has 1 aliphatic heterocycles. The van der Waals surface area contributed by atoms with Gasteiger partial charge in [0.25, 0.3) is 0 Å². The molecule has 0 aliphatic carbocycles. The Bertz CT molecular complexity index is 121. The van der Waals surface area contributed by atoms with E-state index in [9.17, 15) is 0 Å². The van der Waals surface area contributed by atoms with Gasteiger partial charge in [-0.1, -0.05) is 11.8 Å². The van der Waals surface area contributed by atoms with Crippen LogP contribution in [-0.2, 0) is 33.1 Å². The molecule has 9 heavy (non-hydrogen) atoms. The van der Waals surface area contributed by atoms with Crippen LogP contribution in [0.5, 0.6) is 0 Å². The second-order valence-electron chi connectivity index (χ2n) is 1.47. The summed E-state index contributed by atoms with van der Waals surface area (Å²) in [6, 6.07) is 0. The summed E-state index contributed by atoms with van der Waals surface area (Å²) in [6.45, 7) is 1.36. The van der Waals surface area contributed by atoms with Crippen LogP contribution in [0.3, 0.4) is 0 Å². The minimum atomic E-state index is -2.17. The van der Waals surface area contributed by atoms with Crippen LogP contribution < -0.4 is 51.4 Å². The van der Waals surface area contributed by atoms with E-state index < -0.39 is 5.69 Å². The third-order valence-electron chi connectivity index (χ3n) is 0.787. The number of hydrogen-bond donors (Lipinski definition) is 0. The maximum absolute atomic E-state index is 4.98. The first-order valence-electron chi connectivity index (χ1n) is 2.31. The van der Waals surface area contributed by atoms with E-state index in [1.807, 2.05) is 0 Å². The smallest absolute Gasteiger partial charge is 0.691 e. The molecular formula is C3H6KO2PS2. The van der Waals surface area contributed by atoms with Crippen molar-refractivity contribution in [3.8, 4) is 0 Å². The molecule has 0 aromatic heterocycles.